The van der Waals surface area contributed by atoms with Crippen LogP contribution >= 0.6 is 0 Å². The zero-order valence-electron chi connectivity index (χ0n) is 18.1. The SMILES string of the molecule is CS(=O)(=O)NC1CCc2ncn(C3CC3)c(=O)c2C1Cc1cccc(-c2ccccc2)c1. The van der Waals surface area contributed by atoms with Gasteiger partial charge in [0.1, 0.15) is 0 Å². The van der Waals surface area contributed by atoms with Crippen molar-refractivity contribution in [2.45, 2.75) is 50.1 Å². The third-order valence-corrected chi connectivity index (χ3v) is 7.19. The monoisotopic (exact) mass is 449 g/mol. The lowest BCUT2D eigenvalue weighted by molar-refractivity contribution is 0.417. The summed E-state index contributed by atoms with van der Waals surface area (Å²) in [4.78, 5) is 18.1. The number of hydrogen-bond donors (Lipinski definition) is 1. The Morgan fingerprint density at radius 2 is 1.78 bits per heavy atom. The van der Waals surface area contributed by atoms with E-state index in [1.54, 1.807) is 10.9 Å². The molecular weight excluding hydrogens is 422 g/mol. The van der Waals surface area contributed by atoms with Gasteiger partial charge in [-0.3, -0.25) is 9.36 Å². The number of benzene rings is 2. The van der Waals surface area contributed by atoms with Gasteiger partial charge in [0.25, 0.3) is 5.56 Å². The van der Waals surface area contributed by atoms with Crippen LogP contribution in [0.2, 0.25) is 0 Å². The Kier molecular flexibility index (Phi) is 5.47. The Morgan fingerprint density at radius 3 is 2.50 bits per heavy atom. The largest absolute Gasteiger partial charge is 0.296 e. The maximum absolute atomic E-state index is 13.4. The molecule has 1 saturated carbocycles. The molecule has 166 valence electrons. The first kappa shape index (κ1) is 21.1. The highest BCUT2D eigenvalue weighted by Crippen LogP contribution is 2.36. The van der Waals surface area contributed by atoms with Crippen LogP contribution in [0.1, 0.15) is 48.0 Å². The van der Waals surface area contributed by atoms with Gasteiger partial charge < -0.3 is 0 Å². The van der Waals surface area contributed by atoms with Gasteiger partial charge in [0, 0.05) is 23.6 Å². The zero-order valence-corrected chi connectivity index (χ0v) is 18.9. The van der Waals surface area contributed by atoms with Gasteiger partial charge in [-0.25, -0.2) is 18.1 Å². The number of hydrogen-bond acceptors (Lipinski definition) is 4. The molecule has 5 rings (SSSR count). The summed E-state index contributed by atoms with van der Waals surface area (Å²) < 4.78 is 28.8. The van der Waals surface area contributed by atoms with Crippen LogP contribution in [0, 0.1) is 0 Å². The number of fused-ring (bicyclic) bond motifs is 1. The molecule has 0 saturated heterocycles. The van der Waals surface area contributed by atoms with Gasteiger partial charge in [0.15, 0.2) is 0 Å². The van der Waals surface area contributed by atoms with E-state index in [9.17, 15) is 13.2 Å². The summed E-state index contributed by atoms with van der Waals surface area (Å²) in [6, 6.07) is 18.3. The summed E-state index contributed by atoms with van der Waals surface area (Å²) in [6.45, 7) is 0. The number of aryl methyl sites for hydroxylation is 1. The standard InChI is InChI=1S/C25H27N3O3S/c1-32(30,31)27-22-12-13-23-24(25(29)28(16-26-23)20-10-11-20)21(22)15-17-6-5-9-19(14-17)18-7-3-2-4-8-18/h2-9,14,16,20-22,27H,10-13,15H2,1H3. The molecule has 7 heteroatoms. The van der Waals surface area contributed by atoms with Crippen LogP contribution in [0.3, 0.4) is 0 Å². The Labute approximate surface area is 188 Å². The van der Waals surface area contributed by atoms with Crippen molar-refractivity contribution in [2.75, 3.05) is 6.26 Å². The molecule has 0 aliphatic heterocycles. The van der Waals surface area contributed by atoms with Crippen LogP contribution < -0.4 is 10.3 Å². The lowest BCUT2D eigenvalue weighted by Gasteiger charge is -2.33. The normalized spacial score (nSPS) is 20.7. The van der Waals surface area contributed by atoms with Crippen LogP contribution in [0.4, 0.5) is 0 Å². The van der Waals surface area contributed by atoms with E-state index < -0.39 is 10.0 Å². The fourth-order valence-electron chi connectivity index (χ4n) is 4.82. The topological polar surface area (TPSA) is 81.1 Å². The second-order valence-electron chi connectivity index (χ2n) is 8.96. The summed E-state index contributed by atoms with van der Waals surface area (Å²) in [5, 5.41) is 0. The van der Waals surface area contributed by atoms with Gasteiger partial charge in [-0.2, -0.15) is 0 Å². The third kappa shape index (κ3) is 4.40. The summed E-state index contributed by atoms with van der Waals surface area (Å²) in [6.07, 6.45) is 6.65. The molecule has 2 aliphatic carbocycles. The number of sulfonamides is 1. The highest BCUT2D eigenvalue weighted by Gasteiger charge is 2.36. The Bertz CT molecular complexity index is 1300. The van der Waals surface area contributed by atoms with Crippen molar-refractivity contribution in [3.8, 4) is 11.1 Å². The van der Waals surface area contributed by atoms with Gasteiger partial charge >= 0.3 is 0 Å². The van der Waals surface area contributed by atoms with Crippen molar-refractivity contribution in [2.24, 2.45) is 0 Å². The highest BCUT2D eigenvalue weighted by molar-refractivity contribution is 7.88. The zero-order chi connectivity index (χ0) is 22.3. The molecule has 1 fully saturated rings. The summed E-state index contributed by atoms with van der Waals surface area (Å²) in [5.74, 6) is -0.259. The first-order chi connectivity index (χ1) is 15.4. The van der Waals surface area contributed by atoms with E-state index in [2.05, 4.69) is 34.0 Å². The maximum Gasteiger partial charge on any atom is 0.257 e. The number of rotatable bonds is 6. The third-order valence-electron chi connectivity index (χ3n) is 6.46. The number of aromatic nitrogens is 2. The first-order valence-electron chi connectivity index (χ1n) is 11.1. The molecule has 0 bridgehead atoms. The van der Waals surface area contributed by atoms with E-state index in [4.69, 9.17) is 0 Å². The van der Waals surface area contributed by atoms with E-state index >= 15 is 0 Å². The second-order valence-corrected chi connectivity index (χ2v) is 10.7. The van der Waals surface area contributed by atoms with Gasteiger partial charge in [-0.15, -0.1) is 0 Å². The molecule has 6 nitrogen and oxygen atoms in total. The fourth-order valence-corrected chi connectivity index (χ4v) is 5.65. The van der Waals surface area contributed by atoms with Crippen LogP contribution in [0.5, 0.6) is 0 Å². The van der Waals surface area contributed by atoms with Gasteiger partial charge in [-0.1, -0.05) is 54.6 Å². The minimum absolute atomic E-state index is 0.0123. The molecule has 1 aromatic heterocycles. The van der Waals surface area contributed by atoms with Gasteiger partial charge in [0.2, 0.25) is 10.0 Å². The van der Waals surface area contributed by atoms with Crippen molar-refractivity contribution in [1.29, 1.82) is 0 Å². The van der Waals surface area contributed by atoms with Crippen molar-refractivity contribution in [1.82, 2.24) is 14.3 Å². The summed E-state index contributed by atoms with van der Waals surface area (Å²) in [7, 11) is -3.41. The highest BCUT2D eigenvalue weighted by atomic mass is 32.2. The molecule has 0 spiro atoms. The number of nitrogens with zero attached hydrogens (tertiary/aromatic N) is 2. The molecule has 1 N–H and O–H groups in total. The van der Waals surface area contributed by atoms with Crippen molar-refractivity contribution in [3.05, 3.63) is 88.1 Å². The Hall–Kier alpha value is -2.77. The lowest BCUT2D eigenvalue weighted by Crippen LogP contribution is -2.45. The summed E-state index contributed by atoms with van der Waals surface area (Å²) in [5.41, 5.74) is 4.78. The second kappa shape index (κ2) is 8.30. The molecule has 2 unspecified atom stereocenters. The average molecular weight is 450 g/mol. The molecule has 3 aromatic rings. The fraction of sp³-hybridized carbons (Fsp3) is 0.360. The van der Waals surface area contributed by atoms with E-state index in [0.717, 1.165) is 35.2 Å². The van der Waals surface area contributed by atoms with Gasteiger partial charge in [0.05, 0.1) is 18.3 Å². The predicted octanol–water partition coefficient (Wildman–Crippen LogP) is 3.44. The smallest absolute Gasteiger partial charge is 0.257 e. The van der Waals surface area contributed by atoms with Crippen LogP contribution in [0.15, 0.2) is 65.7 Å². The van der Waals surface area contributed by atoms with Crippen molar-refractivity contribution < 1.29 is 8.42 Å². The van der Waals surface area contributed by atoms with E-state index in [0.29, 0.717) is 24.8 Å². The first-order valence-corrected chi connectivity index (χ1v) is 13.0. The predicted molar refractivity (Wildman–Crippen MR) is 125 cm³/mol. The lowest BCUT2D eigenvalue weighted by atomic mass is 9.78. The molecule has 0 radical (unpaired) electrons. The van der Waals surface area contributed by atoms with Crippen LogP contribution in [-0.2, 0) is 22.9 Å². The quantitative estimate of drug-likeness (QED) is 0.625. The minimum Gasteiger partial charge on any atom is -0.296 e. The van der Waals surface area contributed by atoms with Crippen molar-refractivity contribution >= 4 is 10.0 Å². The molecule has 2 atom stereocenters. The van der Waals surface area contributed by atoms with E-state index in [1.165, 1.54) is 6.26 Å². The Morgan fingerprint density at radius 1 is 1.03 bits per heavy atom. The maximum atomic E-state index is 13.4. The molecular formula is C25H27N3O3S. The number of nitrogens with one attached hydrogen (secondary N) is 1. The molecule has 2 aliphatic rings. The summed E-state index contributed by atoms with van der Waals surface area (Å²) >= 11 is 0. The van der Waals surface area contributed by atoms with Crippen molar-refractivity contribution in [3.63, 3.8) is 0 Å². The minimum atomic E-state index is -3.41. The van der Waals surface area contributed by atoms with Crippen LogP contribution in [0.25, 0.3) is 11.1 Å². The van der Waals surface area contributed by atoms with E-state index in [1.807, 2.05) is 30.3 Å². The molecule has 0 amide bonds. The molecule has 2 aromatic carbocycles. The van der Waals surface area contributed by atoms with E-state index in [-0.39, 0.29) is 23.6 Å². The average Bonchev–Trinajstić information content (AvgIpc) is 3.61. The molecule has 1 heterocycles. The van der Waals surface area contributed by atoms with Crippen LogP contribution in [-0.4, -0.2) is 30.3 Å². The Balaban J connectivity index is 1.55. The molecule has 32 heavy (non-hydrogen) atoms. The van der Waals surface area contributed by atoms with Gasteiger partial charge in [-0.05, 0) is 48.8 Å².